The lowest BCUT2D eigenvalue weighted by molar-refractivity contribution is -0.133. The summed E-state index contributed by atoms with van der Waals surface area (Å²) in [6.07, 6.45) is 1.48. The molecule has 2 aliphatic rings. The fourth-order valence-electron chi connectivity index (χ4n) is 3.48. The Morgan fingerprint density at radius 2 is 2.00 bits per heavy atom. The molecule has 3 atom stereocenters. The topological polar surface area (TPSA) is 50.8 Å². The predicted molar refractivity (Wildman–Crippen MR) is 93.4 cm³/mol. The van der Waals surface area contributed by atoms with Crippen molar-refractivity contribution < 1.29 is 14.3 Å². The van der Waals surface area contributed by atoms with Crippen LogP contribution in [0, 0.1) is 5.92 Å². The number of likely N-dealkylation sites (tertiary alicyclic amines) is 1. The molecule has 0 saturated carbocycles. The summed E-state index contributed by atoms with van der Waals surface area (Å²) in [7, 11) is 0. The number of nitrogens with one attached hydrogen (secondary N) is 1. The van der Waals surface area contributed by atoms with Crippen molar-refractivity contribution >= 4 is 5.91 Å². The van der Waals surface area contributed by atoms with Crippen LogP contribution in [0.3, 0.4) is 0 Å². The van der Waals surface area contributed by atoms with Crippen molar-refractivity contribution in [1.82, 2.24) is 10.2 Å². The van der Waals surface area contributed by atoms with Gasteiger partial charge in [0.2, 0.25) is 6.10 Å². The number of amides is 1. The largest absolute Gasteiger partial charge is 0.482 e. The molecule has 5 nitrogen and oxygen atoms in total. The second-order valence-corrected chi connectivity index (χ2v) is 7.15. The molecule has 0 aliphatic carbocycles. The van der Waals surface area contributed by atoms with Gasteiger partial charge in [0, 0.05) is 19.1 Å². The predicted octanol–water partition coefficient (Wildman–Crippen LogP) is 2.45. The standard InChI is InChI=1S/C19H28N2O3/c1-13(2)21-10-6-7-15(12-21)11-20-19(22)18-14(3)23-16-8-4-5-9-17(16)24-18/h4-5,8-9,13-15,18H,6-7,10-12H2,1-3H3,(H,20,22)/t14-,15-,18-/m0/s1. The minimum atomic E-state index is -0.593. The number of benzene rings is 1. The molecule has 2 aliphatic heterocycles. The van der Waals surface area contributed by atoms with Gasteiger partial charge in [-0.2, -0.15) is 0 Å². The zero-order chi connectivity index (χ0) is 17.1. The molecule has 0 radical (unpaired) electrons. The van der Waals surface area contributed by atoms with Crippen LogP contribution in [-0.4, -0.2) is 48.7 Å². The lowest BCUT2D eigenvalue weighted by Gasteiger charge is -2.36. The number of hydrogen-bond acceptors (Lipinski definition) is 4. The Morgan fingerprint density at radius 1 is 1.29 bits per heavy atom. The molecule has 0 aromatic heterocycles. The van der Waals surface area contributed by atoms with Crippen LogP contribution in [0.5, 0.6) is 11.5 Å². The molecule has 1 N–H and O–H groups in total. The summed E-state index contributed by atoms with van der Waals surface area (Å²) in [6.45, 7) is 9.26. The maximum Gasteiger partial charge on any atom is 0.265 e. The van der Waals surface area contributed by atoms with Gasteiger partial charge < -0.3 is 19.7 Å². The van der Waals surface area contributed by atoms with Crippen molar-refractivity contribution in [3.05, 3.63) is 24.3 Å². The number of fused-ring (bicyclic) bond motifs is 1. The SMILES string of the molecule is CC(C)N1CCC[C@@H](CNC(=O)[C@H]2Oc3ccccc3O[C@H]2C)C1. The van der Waals surface area contributed by atoms with E-state index in [1.54, 1.807) is 0 Å². The molecule has 1 fully saturated rings. The van der Waals surface area contributed by atoms with Crippen molar-refractivity contribution in [3.63, 3.8) is 0 Å². The normalized spacial score (nSPS) is 27.1. The molecule has 3 rings (SSSR count). The molecule has 24 heavy (non-hydrogen) atoms. The Balaban J connectivity index is 1.54. The van der Waals surface area contributed by atoms with Crippen molar-refractivity contribution in [2.45, 2.75) is 51.9 Å². The average molecular weight is 332 g/mol. The second-order valence-electron chi connectivity index (χ2n) is 7.15. The number of carbonyl (C=O) groups is 1. The van der Waals surface area contributed by atoms with Crippen LogP contribution in [0.15, 0.2) is 24.3 Å². The van der Waals surface area contributed by atoms with Gasteiger partial charge in [-0.25, -0.2) is 0 Å². The van der Waals surface area contributed by atoms with Gasteiger partial charge in [0.05, 0.1) is 0 Å². The fourth-order valence-corrected chi connectivity index (χ4v) is 3.48. The average Bonchev–Trinajstić information content (AvgIpc) is 2.59. The van der Waals surface area contributed by atoms with Gasteiger partial charge in [-0.3, -0.25) is 4.79 Å². The quantitative estimate of drug-likeness (QED) is 0.920. The first-order valence-electron chi connectivity index (χ1n) is 8.98. The third-order valence-electron chi connectivity index (χ3n) is 4.95. The maximum atomic E-state index is 12.5. The lowest BCUT2D eigenvalue weighted by Crippen LogP contribution is -2.51. The third-order valence-corrected chi connectivity index (χ3v) is 4.95. The molecular formula is C19H28N2O3. The van der Waals surface area contributed by atoms with Crippen LogP contribution >= 0.6 is 0 Å². The van der Waals surface area contributed by atoms with Crippen LogP contribution in [-0.2, 0) is 4.79 Å². The van der Waals surface area contributed by atoms with E-state index in [2.05, 4.69) is 24.1 Å². The number of para-hydroxylation sites is 2. The minimum Gasteiger partial charge on any atom is -0.482 e. The van der Waals surface area contributed by atoms with E-state index in [0.29, 0.717) is 30.0 Å². The Morgan fingerprint density at radius 3 is 2.71 bits per heavy atom. The Bertz CT molecular complexity index is 575. The van der Waals surface area contributed by atoms with Gasteiger partial charge >= 0.3 is 0 Å². The molecule has 2 heterocycles. The third kappa shape index (κ3) is 3.83. The summed E-state index contributed by atoms with van der Waals surface area (Å²) in [6, 6.07) is 8.05. The summed E-state index contributed by atoms with van der Waals surface area (Å²) in [5.74, 6) is 1.77. The van der Waals surface area contributed by atoms with E-state index in [-0.39, 0.29) is 12.0 Å². The van der Waals surface area contributed by atoms with Crippen LogP contribution in [0.25, 0.3) is 0 Å². The van der Waals surface area contributed by atoms with Crippen LogP contribution in [0.1, 0.15) is 33.6 Å². The molecule has 1 aromatic rings. The molecule has 1 saturated heterocycles. The van der Waals surface area contributed by atoms with Crippen molar-refractivity contribution in [2.75, 3.05) is 19.6 Å². The summed E-state index contributed by atoms with van der Waals surface area (Å²) < 4.78 is 11.7. The zero-order valence-corrected chi connectivity index (χ0v) is 14.8. The fraction of sp³-hybridized carbons (Fsp3) is 0.632. The molecule has 5 heteroatoms. The smallest absolute Gasteiger partial charge is 0.265 e. The highest BCUT2D eigenvalue weighted by Crippen LogP contribution is 2.33. The van der Waals surface area contributed by atoms with E-state index in [0.717, 1.165) is 13.1 Å². The van der Waals surface area contributed by atoms with E-state index in [1.165, 1.54) is 12.8 Å². The number of piperidine rings is 1. The summed E-state index contributed by atoms with van der Waals surface area (Å²) in [4.78, 5) is 15.0. The van der Waals surface area contributed by atoms with Gasteiger partial charge in [0.1, 0.15) is 6.10 Å². The van der Waals surface area contributed by atoms with E-state index >= 15 is 0 Å². The number of rotatable bonds is 4. The van der Waals surface area contributed by atoms with Crippen molar-refractivity contribution in [3.8, 4) is 11.5 Å². The Labute approximate surface area is 144 Å². The number of nitrogens with zero attached hydrogens (tertiary/aromatic N) is 1. The minimum absolute atomic E-state index is 0.0846. The van der Waals surface area contributed by atoms with Crippen molar-refractivity contribution in [1.29, 1.82) is 0 Å². The van der Waals surface area contributed by atoms with Crippen LogP contribution < -0.4 is 14.8 Å². The van der Waals surface area contributed by atoms with Crippen LogP contribution in [0.4, 0.5) is 0 Å². The molecule has 1 aromatic carbocycles. The second kappa shape index (κ2) is 7.43. The highest BCUT2D eigenvalue weighted by molar-refractivity contribution is 5.82. The zero-order valence-electron chi connectivity index (χ0n) is 14.8. The first kappa shape index (κ1) is 17.1. The molecule has 0 bridgehead atoms. The molecular weight excluding hydrogens is 304 g/mol. The molecule has 132 valence electrons. The summed E-state index contributed by atoms with van der Waals surface area (Å²) >= 11 is 0. The van der Waals surface area contributed by atoms with Crippen LogP contribution in [0.2, 0.25) is 0 Å². The van der Waals surface area contributed by atoms with Gasteiger partial charge in [-0.15, -0.1) is 0 Å². The highest BCUT2D eigenvalue weighted by atomic mass is 16.6. The van der Waals surface area contributed by atoms with E-state index in [1.807, 2.05) is 31.2 Å². The number of hydrogen-bond donors (Lipinski definition) is 1. The summed E-state index contributed by atoms with van der Waals surface area (Å²) in [5.41, 5.74) is 0. The first-order chi connectivity index (χ1) is 11.5. The first-order valence-corrected chi connectivity index (χ1v) is 8.98. The number of carbonyl (C=O) groups excluding carboxylic acids is 1. The molecule has 0 unspecified atom stereocenters. The van der Waals surface area contributed by atoms with Crippen molar-refractivity contribution in [2.24, 2.45) is 5.92 Å². The highest BCUT2D eigenvalue weighted by Gasteiger charge is 2.34. The Kier molecular flexibility index (Phi) is 5.29. The van der Waals surface area contributed by atoms with E-state index < -0.39 is 6.10 Å². The van der Waals surface area contributed by atoms with E-state index in [4.69, 9.17) is 9.47 Å². The number of ether oxygens (including phenoxy) is 2. The lowest BCUT2D eigenvalue weighted by atomic mass is 9.97. The van der Waals surface area contributed by atoms with Gasteiger partial charge in [-0.05, 0) is 58.2 Å². The molecule has 1 amide bonds. The van der Waals surface area contributed by atoms with Gasteiger partial charge in [0.15, 0.2) is 11.5 Å². The van der Waals surface area contributed by atoms with E-state index in [9.17, 15) is 4.79 Å². The monoisotopic (exact) mass is 332 g/mol. The maximum absolute atomic E-state index is 12.5. The Hall–Kier alpha value is -1.75. The molecule has 0 spiro atoms. The van der Waals surface area contributed by atoms with Gasteiger partial charge in [0.25, 0.3) is 5.91 Å². The summed E-state index contributed by atoms with van der Waals surface area (Å²) in [5, 5.41) is 3.07. The van der Waals surface area contributed by atoms with Gasteiger partial charge in [-0.1, -0.05) is 12.1 Å².